The van der Waals surface area contributed by atoms with Gasteiger partial charge in [0.1, 0.15) is 18.5 Å². The molecule has 164 valence electrons. The van der Waals surface area contributed by atoms with Crippen LogP contribution in [0, 0.1) is 11.6 Å². The van der Waals surface area contributed by atoms with Gasteiger partial charge in [-0.1, -0.05) is 48.5 Å². The summed E-state index contributed by atoms with van der Waals surface area (Å²) in [6.45, 7) is 1.27. The van der Waals surface area contributed by atoms with Crippen LogP contribution in [0.5, 0.6) is 5.75 Å². The minimum atomic E-state index is -0.631. The Morgan fingerprint density at radius 3 is 2.41 bits per heavy atom. The number of amides is 1. The van der Waals surface area contributed by atoms with E-state index in [-0.39, 0.29) is 24.2 Å². The molecule has 32 heavy (non-hydrogen) atoms. The van der Waals surface area contributed by atoms with Crippen molar-refractivity contribution in [1.29, 1.82) is 0 Å². The SMILES string of the molecule is O=C(CC1c2ccccc2-c2ccccc21)N1CCOC(COc2cc(F)ccc2F)C1. The molecule has 0 spiro atoms. The Morgan fingerprint density at radius 2 is 1.69 bits per heavy atom. The molecule has 1 aliphatic heterocycles. The molecule has 0 radical (unpaired) electrons. The highest BCUT2D eigenvalue weighted by Gasteiger charge is 2.32. The molecule has 1 heterocycles. The third-order valence-electron chi connectivity index (χ3n) is 6.15. The van der Waals surface area contributed by atoms with Gasteiger partial charge >= 0.3 is 0 Å². The molecular formula is C26H23F2NO3. The number of fused-ring (bicyclic) bond motifs is 3. The lowest BCUT2D eigenvalue weighted by molar-refractivity contribution is -0.140. The topological polar surface area (TPSA) is 38.8 Å². The van der Waals surface area contributed by atoms with Gasteiger partial charge in [0.2, 0.25) is 5.91 Å². The molecule has 1 amide bonds. The van der Waals surface area contributed by atoms with Crippen LogP contribution in [0.3, 0.4) is 0 Å². The first-order valence-electron chi connectivity index (χ1n) is 10.8. The lowest BCUT2D eigenvalue weighted by Crippen LogP contribution is -2.47. The van der Waals surface area contributed by atoms with E-state index < -0.39 is 17.7 Å². The van der Waals surface area contributed by atoms with E-state index in [1.807, 2.05) is 24.3 Å². The van der Waals surface area contributed by atoms with Crippen LogP contribution in [-0.4, -0.2) is 43.2 Å². The maximum absolute atomic E-state index is 13.8. The molecule has 4 nitrogen and oxygen atoms in total. The fourth-order valence-corrected chi connectivity index (χ4v) is 4.60. The highest BCUT2D eigenvalue weighted by atomic mass is 19.1. The van der Waals surface area contributed by atoms with Crippen LogP contribution in [0.4, 0.5) is 8.78 Å². The van der Waals surface area contributed by atoms with Crippen LogP contribution >= 0.6 is 0 Å². The van der Waals surface area contributed by atoms with Gasteiger partial charge in [0, 0.05) is 24.9 Å². The lowest BCUT2D eigenvalue weighted by atomic mass is 9.93. The Balaban J connectivity index is 1.26. The summed E-state index contributed by atoms with van der Waals surface area (Å²) >= 11 is 0. The summed E-state index contributed by atoms with van der Waals surface area (Å²) in [7, 11) is 0. The first-order valence-corrected chi connectivity index (χ1v) is 10.8. The summed E-state index contributed by atoms with van der Waals surface area (Å²) in [6.07, 6.45) is -0.0290. The molecule has 0 N–H and O–H groups in total. The first kappa shape index (κ1) is 20.6. The highest BCUT2D eigenvalue weighted by Crippen LogP contribution is 2.46. The summed E-state index contributed by atoms with van der Waals surface area (Å²) in [5.74, 6) is -1.29. The van der Waals surface area contributed by atoms with Crippen molar-refractivity contribution in [2.45, 2.75) is 18.4 Å². The largest absolute Gasteiger partial charge is 0.488 e. The Bertz CT molecular complexity index is 1100. The third kappa shape index (κ3) is 3.98. The van der Waals surface area contributed by atoms with Crippen molar-refractivity contribution in [3.05, 3.63) is 89.5 Å². The van der Waals surface area contributed by atoms with E-state index in [0.717, 1.165) is 18.2 Å². The molecule has 1 aliphatic carbocycles. The maximum Gasteiger partial charge on any atom is 0.223 e. The molecule has 1 saturated heterocycles. The van der Waals surface area contributed by atoms with E-state index in [1.165, 1.54) is 22.3 Å². The van der Waals surface area contributed by atoms with Gasteiger partial charge in [-0.25, -0.2) is 8.78 Å². The van der Waals surface area contributed by atoms with Gasteiger partial charge < -0.3 is 14.4 Å². The first-order chi connectivity index (χ1) is 15.6. The molecule has 3 aromatic rings. The number of benzene rings is 3. The molecule has 0 saturated carbocycles. The summed E-state index contributed by atoms with van der Waals surface area (Å²) in [5.41, 5.74) is 4.73. The maximum atomic E-state index is 13.8. The number of ether oxygens (including phenoxy) is 2. The number of rotatable bonds is 5. The van der Waals surface area contributed by atoms with Crippen molar-refractivity contribution in [3.63, 3.8) is 0 Å². The van der Waals surface area contributed by atoms with Crippen LogP contribution in [-0.2, 0) is 9.53 Å². The van der Waals surface area contributed by atoms with E-state index in [1.54, 1.807) is 4.90 Å². The van der Waals surface area contributed by atoms with E-state index in [2.05, 4.69) is 24.3 Å². The zero-order valence-electron chi connectivity index (χ0n) is 17.5. The molecule has 1 atom stereocenters. The highest BCUT2D eigenvalue weighted by molar-refractivity contribution is 5.84. The predicted octanol–water partition coefficient (Wildman–Crippen LogP) is 4.77. The van der Waals surface area contributed by atoms with Crippen molar-refractivity contribution < 1.29 is 23.0 Å². The number of carbonyl (C=O) groups is 1. The number of carbonyl (C=O) groups excluding carboxylic acids is 1. The Morgan fingerprint density at radius 1 is 1.00 bits per heavy atom. The standard InChI is InChI=1S/C26H23F2NO3/c27-17-9-10-24(28)25(13-17)32-16-18-15-29(11-12-31-18)26(30)14-23-21-7-3-1-5-19(21)20-6-2-4-8-22(20)23/h1-10,13,18,23H,11-12,14-16H2. The molecule has 2 aliphatic rings. The zero-order valence-corrected chi connectivity index (χ0v) is 17.5. The number of hydrogen-bond donors (Lipinski definition) is 0. The third-order valence-corrected chi connectivity index (χ3v) is 6.15. The smallest absolute Gasteiger partial charge is 0.223 e. The van der Waals surface area contributed by atoms with E-state index in [9.17, 15) is 13.6 Å². The van der Waals surface area contributed by atoms with Crippen LogP contribution < -0.4 is 4.74 Å². The molecule has 0 aromatic heterocycles. The van der Waals surface area contributed by atoms with Crippen molar-refractivity contribution in [1.82, 2.24) is 4.90 Å². The molecule has 1 fully saturated rings. The predicted molar refractivity (Wildman–Crippen MR) is 117 cm³/mol. The fourth-order valence-electron chi connectivity index (χ4n) is 4.60. The average Bonchev–Trinajstić information content (AvgIpc) is 3.14. The van der Waals surface area contributed by atoms with Gasteiger partial charge in [0.05, 0.1) is 13.2 Å². The van der Waals surface area contributed by atoms with Crippen molar-refractivity contribution >= 4 is 5.91 Å². The quantitative estimate of drug-likeness (QED) is 0.579. The molecule has 1 unspecified atom stereocenters. The average molecular weight is 435 g/mol. The number of halogens is 2. The lowest BCUT2D eigenvalue weighted by Gasteiger charge is -2.33. The Labute approximate surface area is 185 Å². The van der Waals surface area contributed by atoms with Crippen LogP contribution in [0.25, 0.3) is 11.1 Å². The second kappa shape index (κ2) is 8.71. The van der Waals surface area contributed by atoms with Crippen molar-refractivity contribution in [3.8, 4) is 16.9 Å². The van der Waals surface area contributed by atoms with E-state index in [4.69, 9.17) is 9.47 Å². The van der Waals surface area contributed by atoms with Gasteiger partial charge in [-0.2, -0.15) is 0 Å². The van der Waals surface area contributed by atoms with Gasteiger partial charge in [-0.05, 0) is 34.4 Å². The van der Waals surface area contributed by atoms with Gasteiger partial charge in [-0.3, -0.25) is 4.79 Å². The Kier molecular flexibility index (Phi) is 5.62. The molecule has 5 rings (SSSR count). The summed E-state index contributed by atoms with van der Waals surface area (Å²) in [5, 5.41) is 0. The van der Waals surface area contributed by atoms with Crippen LogP contribution in [0.2, 0.25) is 0 Å². The van der Waals surface area contributed by atoms with E-state index >= 15 is 0 Å². The number of hydrogen-bond acceptors (Lipinski definition) is 3. The van der Waals surface area contributed by atoms with Crippen LogP contribution in [0.15, 0.2) is 66.7 Å². The van der Waals surface area contributed by atoms with Gasteiger partial charge in [0.25, 0.3) is 0 Å². The monoisotopic (exact) mass is 435 g/mol. The van der Waals surface area contributed by atoms with Gasteiger partial charge in [0.15, 0.2) is 11.6 Å². The minimum absolute atomic E-state index is 0.0221. The molecule has 3 aromatic carbocycles. The molecule has 0 bridgehead atoms. The minimum Gasteiger partial charge on any atom is -0.488 e. The Hall–Kier alpha value is -3.25. The zero-order chi connectivity index (χ0) is 22.1. The summed E-state index contributed by atoms with van der Waals surface area (Å²) in [4.78, 5) is 15.0. The summed E-state index contributed by atoms with van der Waals surface area (Å²) < 4.78 is 38.3. The fraction of sp³-hybridized carbons (Fsp3) is 0.269. The summed E-state index contributed by atoms with van der Waals surface area (Å²) in [6, 6.07) is 19.5. The van der Waals surface area contributed by atoms with Crippen LogP contribution in [0.1, 0.15) is 23.5 Å². The van der Waals surface area contributed by atoms with Gasteiger partial charge in [-0.15, -0.1) is 0 Å². The van der Waals surface area contributed by atoms with Crippen molar-refractivity contribution in [2.75, 3.05) is 26.3 Å². The molecular weight excluding hydrogens is 412 g/mol. The second-order valence-corrected chi connectivity index (χ2v) is 8.15. The molecule has 6 heteroatoms. The van der Waals surface area contributed by atoms with Crippen molar-refractivity contribution in [2.24, 2.45) is 0 Å². The normalized spacial score (nSPS) is 17.7. The van der Waals surface area contributed by atoms with E-state index in [0.29, 0.717) is 26.1 Å². The second-order valence-electron chi connectivity index (χ2n) is 8.15. The number of morpholine rings is 1. The number of nitrogens with zero attached hydrogens (tertiary/aromatic N) is 1.